The Bertz CT molecular complexity index is 868. The van der Waals surface area contributed by atoms with Gasteiger partial charge in [-0.3, -0.25) is 4.68 Å². The van der Waals surface area contributed by atoms with E-state index in [-0.39, 0.29) is 0 Å². The van der Waals surface area contributed by atoms with Crippen LogP contribution in [0.3, 0.4) is 0 Å². The van der Waals surface area contributed by atoms with Crippen molar-refractivity contribution < 1.29 is 4.79 Å². The number of rotatable bonds is 7. The lowest BCUT2D eigenvalue weighted by Gasteiger charge is -2.27. The minimum absolute atomic E-state index is 0.582. The number of benzene rings is 1. The van der Waals surface area contributed by atoms with Gasteiger partial charge in [-0.1, -0.05) is 12.1 Å². The molecule has 1 aliphatic heterocycles. The quantitative estimate of drug-likeness (QED) is 0.365. The van der Waals surface area contributed by atoms with Crippen molar-refractivity contribution in [3.8, 4) is 11.1 Å². The number of carbonyl (C=O) groups is 1. The summed E-state index contributed by atoms with van der Waals surface area (Å²) in [5.41, 5.74) is 11.7. The second-order valence-electron chi connectivity index (χ2n) is 7.07. The molecule has 0 unspecified atom stereocenters. The molecule has 3 rings (SSSR count). The molecule has 0 saturated carbocycles. The van der Waals surface area contributed by atoms with Gasteiger partial charge >= 0.3 is 0 Å². The molecule has 2 heterocycles. The van der Waals surface area contributed by atoms with Gasteiger partial charge in [-0.2, -0.15) is 5.10 Å². The maximum atomic E-state index is 8.81. The molecule has 0 spiro atoms. The number of nitrogens with one attached hydrogen (secondary N) is 2. The summed E-state index contributed by atoms with van der Waals surface area (Å²) in [7, 11) is 5.99. The molecule has 1 aromatic heterocycles. The molecule has 162 valence electrons. The summed E-state index contributed by atoms with van der Waals surface area (Å²) in [4.78, 5) is 15.7. The smallest absolute Gasteiger partial charge is 0.130 e. The molecule has 8 nitrogen and oxygen atoms in total. The first kappa shape index (κ1) is 23.3. The van der Waals surface area contributed by atoms with Crippen molar-refractivity contribution in [1.29, 1.82) is 0 Å². The van der Waals surface area contributed by atoms with E-state index in [1.807, 2.05) is 37.1 Å². The Kier molecular flexibility index (Phi) is 9.24. The zero-order valence-electron chi connectivity index (χ0n) is 18.4. The first-order valence-electron chi connectivity index (χ1n) is 10.1. The molecule has 4 N–H and O–H groups in total. The summed E-state index contributed by atoms with van der Waals surface area (Å²) in [6.45, 7) is 5.04. The third kappa shape index (κ3) is 6.53. The maximum absolute atomic E-state index is 8.81. The molecule has 30 heavy (non-hydrogen) atoms. The molecule has 0 saturated heterocycles. The number of hydrogen-bond acceptors (Lipinski definition) is 6. The molecular formula is C22H33N7O. The van der Waals surface area contributed by atoms with Crippen LogP contribution in [0.15, 0.2) is 52.9 Å². The van der Waals surface area contributed by atoms with Crippen LogP contribution in [0.4, 0.5) is 5.69 Å². The predicted molar refractivity (Wildman–Crippen MR) is 123 cm³/mol. The molecule has 0 bridgehead atoms. The standard InChI is InChI=1S/C20H29N7.C2H4O/c1-22-9-11-27-13-16(12-24-27)15-4-6-17(7-5-15)25-20(21)18-14-26(3)10-8-19(18)23-2;1-2-3/h4-7,12-13,22-23H,8-11,14H2,1-3H3,(H2,21,25);2H,1H3. The van der Waals surface area contributed by atoms with Crippen LogP contribution in [0.2, 0.25) is 0 Å². The monoisotopic (exact) mass is 411 g/mol. The second-order valence-corrected chi connectivity index (χ2v) is 7.07. The van der Waals surface area contributed by atoms with Crippen molar-refractivity contribution in [2.45, 2.75) is 19.9 Å². The molecule has 1 aromatic carbocycles. The molecule has 0 atom stereocenters. The third-order valence-electron chi connectivity index (χ3n) is 4.82. The molecule has 1 aliphatic rings. The molecule has 8 heteroatoms. The van der Waals surface area contributed by atoms with Crippen LogP contribution >= 0.6 is 0 Å². The van der Waals surface area contributed by atoms with E-state index >= 15 is 0 Å². The number of amidine groups is 1. The van der Waals surface area contributed by atoms with Crippen LogP contribution in [0.5, 0.6) is 0 Å². The highest BCUT2D eigenvalue weighted by Crippen LogP contribution is 2.23. The average molecular weight is 412 g/mol. The number of aliphatic imine (C=N–C) groups is 1. The molecule has 0 aliphatic carbocycles. The summed E-state index contributed by atoms with van der Waals surface area (Å²) in [5, 5.41) is 10.8. The normalized spacial score (nSPS) is 14.9. The molecular weight excluding hydrogens is 378 g/mol. The first-order chi connectivity index (χ1) is 14.5. The highest BCUT2D eigenvalue weighted by Gasteiger charge is 2.18. The number of aromatic nitrogens is 2. The van der Waals surface area contributed by atoms with Gasteiger partial charge in [0.1, 0.15) is 12.1 Å². The largest absolute Gasteiger partial charge is 0.391 e. The van der Waals surface area contributed by atoms with Gasteiger partial charge in [0.2, 0.25) is 0 Å². The Morgan fingerprint density at radius 1 is 1.27 bits per heavy atom. The fourth-order valence-corrected chi connectivity index (χ4v) is 3.21. The number of hydrogen-bond donors (Lipinski definition) is 3. The van der Waals surface area contributed by atoms with E-state index in [0.29, 0.717) is 5.84 Å². The van der Waals surface area contributed by atoms with Gasteiger partial charge in [-0.25, -0.2) is 4.99 Å². The zero-order valence-corrected chi connectivity index (χ0v) is 18.4. The number of nitrogens with zero attached hydrogens (tertiary/aromatic N) is 4. The lowest BCUT2D eigenvalue weighted by Crippen LogP contribution is -2.36. The van der Waals surface area contributed by atoms with Gasteiger partial charge in [0.15, 0.2) is 0 Å². The van der Waals surface area contributed by atoms with Gasteiger partial charge < -0.3 is 26.1 Å². The summed E-state index contributed by atoms with van der Waals surface area (Å²) in [6, 6.07) is 8.12. The predicted octanol–water partition coefficient (Wildman–Crippen LogP) is 1.77. The molecule has 2 aromatic rings. The summed E-state index contributed by atoms with van der Waals surface area (Å²) in [6.07, 6.45) is 5.67. The van der Waals surface area contributed by atoms with E-state index in [4.69, 9.17) is 10.5 Å². The zero-order chi connectivity index (χ0) is 21.9. The van der Waals surface area contributed by atoms with E-state index in [9.17, 15) is 0 Å². The van der Waals surface area contributed by atoms with Gasteiger partial charge in [-0.05, 0) is 38.7 Å². The van der Waals surface area contributed by atoms with Crippen molar-refractivity contribution >= 4 is 17.8 Å². The topological polar surface area (TPSA) is 101 Å². The van der Waals surface area contributed by atoms with Gasteiger partial charge in [0, 0.05) is 56.1 Å². The summed E-state index contributed by atoms with van der Waals surface area (Å²) < 4.78 is 1.95. The van der Waals surface area contributed by atoms with E-state index in [1.54, 1.807) is 0 Å². The molecule has 0 radical (unpaired) electrons. The van der Waals surface area contributed by atoms with E-state index in [0.717, 1.165) is 61.3 Å². The minimum atomic E-state index is 0.582. The van der Waals surface area contributed by atoms with Crippen molar-refractivity contribution in [3.63, 3.8) is 0 Å². The first-order valence-corrected chi connectivity index (χ1v) is 10.1. The van der Waals surface area contributed by atoms with Crippen molar-refractivity contribution in [3.05, 3.63) is 47.9 Å². The Labute approximate surface area is 178 Å². The Morgan fingerprint density at radius 3 is 2.60 bits per heavy atom. The van der Waals surface area contributed by atoms with Gasteiger partial charge in [-0.15, -0.1) is 0 Å². The Balaban J connectivity index is 0.00000101. The second kappa shape index (κ2) is 11.9. The van der Waals surface area contributed by atoms with Crippen molar-refractivity contribution in [2.75, 3.05) is 40.8 Å². The van der Waals surface area contributed by atoms with E-state index in [1.165, 1.54) is 12.6 Å². The maximum Gasteiger partial charge on any atom is 0.130 e. The Hall–Kier alpha value is -2.97. The number of likely N-dealkylation sites (N-methyl/N-ethyl adjacent to an activating group) is 2. The SMILES string of the molecule is CC=O.CNCCn1cc(-c2ccc(N=C(N)C3=C(NC)CCN(C)C3)cc2)cn1. The minimum Gasteiger partial charge on any atom is -0.391 e. The lowest BCUT2D eigenvalue weighted by molar-refractivity contribution is -0.106. The van der Waals surface area contributed by atoms with Crippen LogP contribution in [-0.4, -0.2) is 67.6 Å². The van der Waals surface area contributed by atoms with Crippen LogP contribution in [0, 0.1) is 0 Å². The van der Waals surface area contributed by atoms with Crippen LogP contribution in [-0.2, 0) is 11.3 Å². The van der Waals surface area contributed by atoms with Gasteiger partial charge in [0.25, 0.3) is 0 Å². The highest BCUT2D eigenvalue weighted by molar-refractivity contribution is 5.99. The van der Waals surface area contributed by atoms with Gasteiger partial charge in [0.05, 0.1) is 18.4 Å². The summed E-state index contributed by atoms with van der Waals surface area (Å²) >= 11 is 0. The highest BCUT2D eigenvalue weighted by atomic mass is 16.1. The van der Waals surface area contributed by atoms with Crippen molar-refractivity contribution in [2.24, 2.45) is 10.7 Å². The molecule has 0 fully saturated rings. The fraction of sp³-hybridized carbons (Fsp3) is 0.409. The Morgan fingerprint density at radius 2 is 1.97 bits per heavy atom. The number of nitrogens with two attached hydrogens (primary N) is 1. The van der Waals surface area contributed by atoms with Crippen molar-refractivity contribution in [1.82, 2.24) is 25.3 Å². The van der Waals surface area contributed by atoms with E-state index in [2.05, 4.69) is 51.0 Å². The van der Waals surface area contributed by atoms with Crippen LogP contribution in [0.1, 0.15) is 13.3 Å². The number of aldehydes is 1. The van der Waals surface area contributed by atoms with Crippen LogP contribution < -0.4 is 16.4 Å². The number of carbonyl (C=O) groups excluding carboxylic acids is 1. The van der Waals surface area contributed by atoms with E-state index < -0.39 is 0 Å². The summed E-state index contributed by atoms with van der Waals surface area (Å²) in [5.74, 6) is 0.582. The average Bonchev–Trinajstić information content (AvgIpc) is 3.22. The van der Waals surface area contributed by atoms with Crippen LogP contribution in [0.25, 0.3) is 11.1 Å². The fourth-order valence-electron chi connectivity index (χ4n) is 3.21. The third-order valence-corrected chi connectivity index (χ3v) is 4.82. The lowest BCUT2D eigenvalue weighted by atomic mass is 10.1. The molecule has 0 amide bonds.